The summed E-state index contributed by atoms with van der Waals surface area (Å²) in [7, 11) is 0. The molecule has 2 nitrogen and oxygen atoms in total. The van der Waals surface area contributed by atoms with E-state index in [-0.39, 0.29) is 0 Å². The molecule has 0 saturated carbocycles. The van der Waals surface area contributed by atoms with E-state index in [9.17, 15) is 0 Å². The lowest BCUT2D eigenvalue weighted by molar-refractivity contribution is 0.670. The van der Waals surface area contributed by atoms with Crippen LogP contribution in [0.4, 0.5) is 17.1 Å². The monoisotopic (exact) mass is 821 g/mol. The summed E-state index contributed by atoms with van der Waals surface area (Å²) in [4.78, 5) is 2.42. The SMILES string of the molecule is c1ccc(-c2ccc3c(c2)oc2c(-c4ccccc4)ccc(N(c4ccc(-c5ccccc5-c5ccccc5)cc4)c4ccc5sc6cc(-c7ccccc7)ccc6c5c4)c23)cc1. The molecule has 0 amide bonds. The summed E-state index contributed by atoms with van der Waals surface area (Å²) >= 11 is 1.85. The van der Waals surface area contributed by atoms with Crippen LogP contribution in [-0.2, 0) is 0 Å². The summed E-state index contributed by atoms with van der Waals surface area (Å²) in [6.07, 6.45) is 0. The number of benzene rings is 10. The predicted octanol–water partition coefficient (Wildman–Crippen LogP) is 17.8. The summed E-state index contributed by atoms with van der Waals surface area (Å²) in [5.41, 5.74) is 16.6. The minimum Gasteiger partial charge on any atom is -0.455 e. The van der Waals surface area contributed by atoms with Crippen molar-refractivity contribution in [2.75, 3.05) is 4.90 Å². The van der Waals surface area contributed by atoms with Gasteiger partial charge in [-0.05, 0) is 111 Å². The first-order valence-corrected chi connectivity index (χ1v) is 22.2. The quantitative estimate of drug-likeness (QED) is 0.152. The minimum absolute atomic E-state index is 0.859. The van der Waals surface area contributed by atoms with Crippen LogP contribution in [0.25, 0.3) is 97.7 Å². The smallest absolute Gasteiger partial charge is 0.145 e. The maximum absolute atomic E-state index is 7.03. The largest absolute Gasteiger partial charge is 0.455 e. The number of thiophene rings is 1. The van der Waals surface area contributed by atoms with Crippen LogP contribution in [0, 0.1) is 0 Å². The molecule has 2 heterocycles. The maximum atomic E-state index is 7.03. The van der Waals surface area contributed by atoms with Gasteiger partial charge in [0.1, 0.15) is 11.2 Å². The molecule has 2 aromatic heterocycles. The van der Waals surface area contributed by atoms with Gasteiger partial charge in [-0.25, -0.2) is 0 Å². The molecule has 63 heavy (non-hydrogen) atoms. The Morgan fingerprint density at radius 3 is 1.46 bits per heavy atom. The average Bonchev–Trinajstić information content (AvgIpc) is 3.93. The summed E-state index contributed by atoms with van der Waals surface area (Å²) in [6, 6.07) is 85.2. The fraction of sp³-hybridized carbons (Fsp3) is 0. The second-order valence-electron chi connectivity index (χ2n) is 16.0. The van der Waals surface area contributed by atoms with E-state index >= 15 is 0 Å². The van der Waals surface area contributed by atoms with Crippen molar-refractivity contribution in [2.24, 2.45) is 0 Å². The van der Waals surface area contributed by atoms with Crippen LogP contribution in [0.5, 0.6) is 0 Å². The molecule has 0 saturated heterocycles. The molecule has 0 aliphatic carbocycles. The number of nitrogens with zero attached hydrogens (tertiary/aromatic N) is 1. The first kappa shape index (κ1) is 36.8. The van der Waals surface area contributed by atoms with Gasteiger partial charge in [-0.2, -0.15) is 0 Å². The molecule has 0 fully saturated rings. The molecular formula is C60H39NOS. The van der Waals surface area contributed by atoms with E-state index in [4.69, 9.17) is 4.42 Å². The maximum Gasteiger partial charge on any atom is 0.145 e. The highest BCUT2D eigenvalue weighted by atomic mass is 32.1. The number of furan rings is 1. The van der Waals surface area contributed by atoms with Crippen LogP contribution in [0.3, 0.4) is 0 Å². The topological polar surface area (TPSA) is 16.4 Å². The lowest BCUT2D eigenvalue weighted by atomic mass is 9.94. The van der Waals surface area contributed by atoms with E-state index < -0.39 is 0 Å². The van der Waals surface area contributed by atoms with E-state index in [1.165, 1.54) is 53.6 Å². The summed E-state index contributed by atoms with van der Waals surface area (Å²) in [5.74, 6) is 0. The zero-order valence-electron chi connectivity index (χ0n) is 34.3. The molecule has 0 unspecified atom stereocenters. The van der Waals surface area contributed by atoms with Crippen molar-refractivity contribution in [2.45, 2.75) is 0 Å². The van der Waals surface area contributed by atoms with Gasteiger partial charge >= 0.3 is 0 Å². The Bertz CT molecular complexity index is 3590. The Morgan fingerprint density at radius 1 is 0.317 bits per heavy atom. The Kier molecular flexibility index (Phi) is 9.06. The van der Waals surface area contributed by atoms with Crippen LogP contribution in [0.1, 0.15) is 0 Å². The molecule has 3 heteroatoms. The van der Waals surface area contributed by atoms with Crippen LogP contribution >= 0.6 is 11.3 Å². The van der Waals surface area contributed by atoms with Crippen LogP contribution < -0.4 is 4.90 Å². The highest BCUT2D eigenvalue weighted by molar-refractivity contribution is 7.25. The van der Waals surface area contributed by atoms with E-state index in [0.29, 0.717) is 0 Å². The molecule has 0 aliphatic heterocycles. The molecule has 0 spiro atoms. The molecule has 0 radical (unpaired) electrons. The molecule has 0 N–H and O–H groups in total. The number of fused-ring (bicyclic) bond motifs is 6. The third-order valence-corrected chi connectivity index (χ3v) is 13.4. The third kappa shape index (κ3) is 6.58. The fourth-order valence-corrected chi connectivity index (χ4v) is 10.4. The van der Waals surface area contributed by atoms with Gasteiger partial charge in [0, 0.05) is 42.5 Å². The van der Waals surface area contributed by atoms with Crippen molar-refractivity contribution in [1.82, 2.24) is 0 Å². The number of hydrogen-bond acceptors (Lipinski definition) is 3. The van der Waals surface area contributed by atoms with Gasteiger partial charge in [0.15, 0.2) is 0 Å². The fourth-order valence-electron chi connectivity index (χ4n) is 9.24. The van der Waals surface area contributed by atoms with E-state index in [0.717, 1.165) is 61.3 Å². The highest BCUT2D eigenvalue weighted by Gasteiger charge is 2.24. The number of anilines is 3. The Hall–Kier alpha value is -7.98. The molecule has 10 aromatic carbocycles. The second-order valence-corrected chi connectivity index (χ2v) is 17.1. The lowest BCUT2D eigenvalue weighted by Gasteiger charge is -2.27. The molecular weight excluding hydrogens is 783 g/mol. The molecule has 0 atom stereocenters. The van der Waals surface area contributed by atoms with E-state index in [2.05, 4.69) is 241 Å². The van der Waals surface area contributed by atoms with Crippen molar-refractivity contribution < 1.29 is 4.42 Å². The molecule has 12 aromatic rings. The van der Waals surface area contributed by atoms with Gasteiger partial charge in [0.05, 0.1) is 11.1 Å². The summed E-state index contributed by atoms with van der Waals surface area (Å²) in [5, 5.41) is 4.65. The van der Waals surface area contributed by atoms with Gasteiger partial charge in [-0.15, -0.1) is 11.3 Å². The van der Waals surface area contributed by atoms with Gasteiger partial charge in [-0.1, -0.05) is 176 Å². The van der Waals surface area contributed by atoms with Gasteiger partial charge in [0.2, 0.25) is 0 Å². The van der Waals surface area contributed by atoms with Crippen molar-refractivity contribution in [3.63, 3.8) is 0 Å². The summed E-state index contributed by atoms with van der Waals surface area (Å²) < 4.78 is 9.57. The number of hydrogen-bond donors (Lipinski definition) is 0. The Labute approximate surface area is 370 Å². The zero-order chi connectivity index (χ0) is 41.7. The van der Waals surface area contributed by atoms with Gasteiger partial charge in [0.25, 0.3) is 0 Å². The lowest BCUT2D eigenvalue weighted by Crippen LogP contribution is -2.10. The predicted molar refractivity (Wildman–Crippen MR) is 268 cm³/mol. The normalized spacial score (nSPS) is 11.5. The average molecular weight is 822 g/mol. The van der Waals surface area contributed by atoms with Gasteiger partial charge in [-0.3, -0.25) is 0 Å². The van der Waals surface area contributed by atoms with E-state index in [1.807, 2.05) is 11.3 Å². The summed E-state index contributed by atoms with van der Waals surface area (Å²) in [6.45, 7) is 0. The first-order chi connectivity index (χ1) is 31.2. The molecule has 0 bridgehead atoms. The minimum atomic E-state index is 0.859. The molecule has 296 valence electrons. The van der Waals surface area contributed by atoms with Crippen molar-refractivity contribution in [1.29, 1.82) is 0 Å². The van der Waals surface area contributed by atoms with Crippen molar-refractivity contribution in [3.8, 4) is 55.6 Å². The van der Waals surface area contributed by atoms with Crippen LogP contribution in [0.2, 0.25) is 0 Å². The van der Waals surface area contributed by atoms with Gasteiger partial charge < -0.3 is 9.32 Å². The molecule has 0 aliphatic rings. The standard InChI is InChI=1S/C60H39NOS/c1-5-15-40(16-6-1)45-28-33-53-56(37-45)62-60-51(43-21-11-4-12-22-43)34-35-55(59(53)60)61(47-29-25-44(26-30-47)50-24-14-13-23-49(50)42-19-9-3-10-20-42)48-31-36-57-54(39-48)52-32-27-46(38-58(52)63-57)41-17-7-2-8-18-41/h1-39H. The second kappa shape index (κ2) is 15.5. The number of rotatable bonds is 8. The first-order valence-electron chi connectivity index (χ1n) is 21.4. The van der Waals surface area contributed by atoms with Crippen molar-refractivity contribution in [3.05, 3.63) is 237 Å². The Morgan fingerprint density at radius 2 is 0.825 bits per heavy atom. The molecule has 12 rings (SSSR count). The Balaban J connectivity index is 1.07. The highest BCUT2D eigenvalue weighted by Crippen LogP contribution is 2.48. The third-order valence-electron chi connectivity index (χ3n) is 12.3. The van der Waals surface area contributed by atoms with E-state index in [1.54, 1.807) is 0 Å². The zero-order valence-corrected chi connectivity index (χ0v) is 35.1. The van der Waals surface area contributed by atoms with Crippen molar-refractivity contribution >= 4 is 70.5 Å². The van der Waals surface area contributed by atoms with Crippen LogP contribution in [0.15, 0.2) is 241 Å². The van der Waals surface area contributed by atoms with Crippen LogP contribution in [-0.4, -0.2) is 0 Å².